The number of rotatable bonds is 3. The third-order valence-corrected chi connectivity index (χ3v) is 5.08. The lowest BCUT2D eigenvalue weighted by Crippen LogP contribution is -2.44. The lowest BCUT2D eigenvalue weighted by atomic mass is 10.1. The van der Waals surface area contributed by atoms with Gasteiger partial charge in [0.2, 0.25) is 0 Å². The summed E-state index contributed by atoms with van der Waals surface area (Å²) in [6.07, 6.45) is 1.04. The van der Waals surface area contributed by atoms with Crippen LogP contribution in [0.5, 0.6) is 11.5 Å². The summed E-state index contributed by atoms with van der Waals surface area (Å²) < 4.78 is 12.6. The van der Waals surface area contributed by atoms with Gasteiger partial charge < -0.3 is 19.7 Å². The van der Waals surface area contributed by atoms with E-state index in [1.54, 1.807) is 0 Å². The van der Waals surface area contributed by atoms with Crippen molar-refractivity contribution >= 4 is 15.9 Å². The molecule has 110 valence electrons. The van der Waals surface area contributed by atoms with E-state index in [1.165, 1.54) is 5.56 Å². The van der Waals surface area contributed by atoms with Gasteiger partial charge in [-0.3, -0.25) is 0 Å². The average Bonchev–Trinajstić information content (AvgIpc) is 2.50. The maximum atomic E-state index is 5.72. The van der Waals surface area contributed by atoms with E-state index in [4.69, 9.17) is 9.47 Å². The smallest absolute Gasteiger partial charge is 0.165 e. The molecule has 2 aliphatic rings. The fourth-order valence-corrected chi connectivity index (χ4v) is 3.28. The minimum Gasteiger partial charge on any atom is -0.486 e. The van der Waals surface area contributed by atoms with Crippen LogP contribution in [0, 0.1) is 6.92 Å². The molecule has 0 aromatic heterocycles. The molecule has 20 heavy (non-hydrogen) atoms. The molecule has 0 amide bonds. The van der Waals surface area contributed by atoms with Gasteiger partial charge in [0, 0.05) is 42.8 Å². The largest absolute Gasteiger partial charge is 0.486 e. The summed E-state index contributed by atoms with van der Waals surface area (Å²) in [6, 6.07) is 2.13. The predicted molar refractivity (Wildman–Crippen MR) is 82.9 cm³/mol. The van der Waals surface area contributed by atoms with E-state index in [-0.39, 0.29) is 0 Å². The number of nitrogens with zero attached hydrogens (tertiary/aromatic N) is 1. The molecule has 1 aromatic rings. The molecule has 1 fully saturated rings. The Hall–Kier alpha value is -0.780. The molecule has 0 radical (unpaired) electrons. The molecule has 0 spiro atoms. The zero-order valence-corrected chi connectivity index (χ0v) is 13.5. The number of fused-ring (bicyclic) bond motifs is 1. The number of hydrogen-bond acceptors (Lipinski definition) is 4. The van der Waals surface area contributed by atoms with Gasteiger partial charge in [0.15, 0.2) is 11.5 Å². The van der Waals surface area contributed by atoms with Crippen LogP contribution in [-0.2, 0) is 6.42 Å². The van der Waals surface area contributed by atoms with E-state index in [0.717, 1.165) is 60.7 Å². The Morgan fingerprint density at radius 3 is 2.80 bits per heavy atom. The second-order valence-corrected chi connectivity index (χ2v) is 6.13. The van der Waals surface area contributed by atoms with Gasteiger partial charge in [0.25, 0.3) is 0 Å². The van der Waals surface area contributed by atoms with Gasteiger partial charge in [0.1, 0.15) is 13.2 Å². The molecule has 4 nitrogen and oxygen atoms in total. The molecule has 0 bridgehead atoms. The molecule has 0 aliphatic carbocycles. The van der Waals surface area contributed by atoms with Crippen molar-refractivity contribution in [1.82, 2.24) is 10.2 Å². The Labute approximate surface area is 128 Å². The van der Waals surface area contributed by atoms with Crippen molar-refractivity contribution in [2.24, 2.45) is 0 Å². The highest BCUT2D eigenvalue weighted by molar-refractivity contribution is 9.10. The number of benzene rings is 1. The van der Waals surface area contributed by atoms with E-state index < -0.39 is 0 Å². The Balaban J connectivity index is 1.73. The number of nitrogens with one attached hydrogen (secondary N) is 1. The van der Waals surface area contributed by atoms with Crippen LogP contribution in [0.1, 0.15) is 11.1 Å². The van der Waals surface area contributed by atoms with Gasteiger partial charge in [-0.1, -0.05) is 15.9 Å². The second kappa shape index (κ2) is 6.33. The lowest BCUT2D eigenvalue weighted by Gasteiger charge is -2.28. The summed E-state index contributed by atoms with van der Waals surface area (Å²) in [5.41, 5.74) is 2.46. The van der Waals surface area contributed by atoms with Gasteiger partial charge in [-0.15, -0.1) is 0 Å². The molecular weight excluding hydrogens is 320 g/mol. The zero-order chi connectivity index (χ0) is 13.9. The molecule has 3 rings (SSSR count). The Kier molecular flexibility index (Phi) is 4.48. The van der Waals surface area contributed by atoms with Crippen molar-refractivity contribution in [3.8, 4) is 11.5 Å². The summed E-state index contributed by atoms with van der Waals surface area (Å²) in [7, 11) is 0. The van der Waals surface area contributed by atoms with Crippen LogP contribution in [0.4, 0.5) is 0 Å². The van der Waals surface area contributed by atoms with Crippen LogP contribution in [0.3, 0.4) is 0 Å². The van der Waals surface area contributed by atoms with Crippen LogP contribution in [0.15, 0.2) is 10.5 Å². The average molecular weight is 341 g/mol. The minimum absolute atomic E-state index is 0.639. The van der Waals surface area contributed by atoms with Gasteiger partial charge in [0.05, 0.1) is 0 Å². The summed E-state index contributed by atoms with van der Waals surface area (Å²) in [5.74, 6) is 1.79. The van der Waals surface area contributed by atoms with E-state index >= 15 is 0 Å². The van der Waals surface area contributed by atoms with Gasteiger partial charge in [-0.05, 0) is 25.0 Å². The van der Waals surface area contributed by atoms with E-state index in [0.29, 0.717) is 13.2 Å². The standard InChI is InChI=1S/C15H21BrN2O2/c1-11-14(16)12(2-5-18-6-3-17-4-7-18)10-13-15(11)20-9-8-19-13/h10,17H,2-9H2,1H3. The van der Waals surface area contributed by atoms with Crippen LogP contribution >= 0.6 is 15.9 Å². The molecule has 2 aliphatic heterocycles. The summed E-state index contributed by atoms with van der Waals surface area (Å²) in [6.45, 7) is 8.95. The molecule has 0 saturated carbocycles. The highest BCUT2D eigenvalue weighted by Gasteiger charge is 2.19. The lowest BCUT2D eigenvalue weighted by molar-refractivity contribution is 0.170. The SMILES string of the molecule is Cc1c(Br)c(CCN2CCNCC2)cc2c1OCCO2. The predicted octanol–water partition coefficient (Wildman–Crippen LogP) is 1.98. The summed E-state index contributed by atoms with van der Waals surface area (Å²) in [5, 5.41) is 3.39. The van der Waals surface area contributed by atoms with Gasteiger partial charge in [-0.25, -0.2) is 0 Å². The minimum atomic E-state index is 0.639. The number of hydrogen-bond donors (Lipinski definition) is 1. The third-order valence-electron chi connectivity index (χ3n) is 3.98. The van der Waals surface area contributed by atoms with E-state index in [9.17, 15) is 0 Å². The Morgan fingerprint density at radius 1 is 1.25 bits per heavy atom. The first-order valence-corrected chi connectivity index (χ1v) is 8.05. The normalized spacial score (nSPS) is 19.1. The van der Waals surface area contributed by atoms with Crippen molar-refractivity contribution < 1.29 is 9.47 Å². The van der Waals surface area contributed by atoms with Crippen LogP contribution < -0.4 is 14.8 Å². The first-order chi connectivity index (χ1) is 9.75. The van der Waals surface area contributed by atoms with Crippen LogP contribution in [-0.4, -0.2) is 50.8 Å². The fraction of sp³-hybridized carbons (Fsp3) is 0.600. The maximum Gasteiger partial charge on any atom is 0.165 e. The van der Waals surface area contributed by atoms with Crippen molar-refractivity contribution in [3.05, 3.63) is 21.7 Å². The van der Waals surface area contributed by atoms with Crippen molar-refractivity contribution in [2.75, 3.05) is 45.9 Å². The molecule has 1 aromatic carbocycles. The second-order valence-electron chi connectivity index (χ2n) is 5.34. The summed E-state index contributed by atoms with van der Waals surface area (Å²) in [4.78, 5) is 2.51. The molecule has 1 saturated heterocycles. The number of piperazine rings is 1. The molecule has 1 N–H and O–H groups in total. The van der Waals surface area contributed by atoms with Crippen molar-refractivity contribution in [3.63, 3.8) is 0 Å². The van der Waals surface area contributed by atoms with Gasteiger partial charge >= 0.3 is 0 Å². The number of ether oxygens (including phenoxy) is 2. The van der Waals surface area contributed by atoms with E-state index in [1.807, 2.05) is 0 Å². The van der Waals surface area contributed by atoms with Crippen molar-refractivity contribution in [1.29, 1.82) is 0 Å². The molecular formula is C15H21BrN2O2. The number of halogens is 1. The highest BCUT2D eigenvalue weighted by atomic mass is 79.9. The quantitative estimate of drug-likeness (QED) is 0.912. The van der Waals surface area contributed by atoms with Crippen molar-refractivity contribution in [2.45, 2.75) is 13.3 Å². The first kappa shape index (κ1) is 14.2. The topological polar surface area (TPSA) is 33.7 Å². The zero-order valence-electron chi connectivity index (χ0n) is 11.9. The Bertz CT molecular complexity index is 487. The first-order valence-electron chi connectivity index (χ1n) is 7.26. The fourth-order valence-electron chi connectivity index (χ4n) is 2.79. The highest BCUT2D eigenvalue weighted by Crippen LogP contribution is 2.40. The Morgan fingerprint density at radius 2 is 2.00 bits per heavy atom. The summed E-state index contributed by atoms with van der Waals surface area (Å²) >= 11 is 3.72. The van der Waals surface area contributed by atoms with Crippen LogP contribution in [0.2, 0.25) is 0 Å². The monoisotopic (exact) mass is 340 g/mol. The van der Waals surface area contributed by atoms with E-state index in [2.05, 4.69) is 39.1 Å². The molecule has 2 heterocycles. The molecule has 0 atom stereocenters. The van der Waals surface area contributed by atoms with Gasteiger partial charge in [-0.2, -0.15) is 0 Å². The molecule has 0 unspecified atom stereocenters. The van der Waals surface area contributed by atoms with Crippen LogP contribution in [0.25, 0.3) is 0 Å². The molecule has 5 heteroatoms. The third kappa shape index (κ3) is 2.95. The maximum absolute atomic E-state index is 5.72.